The minimum Gasteiger partial charge on any atom is -0.404 e. The number of rotatable bonds is 6. The summed E-state index contributed by atoms with van der Waals surface area (Å²) in [6.45, 7) is -1.62. The van der Waals surface area contributed by atoms with Gasteiger partial charge in [0.15, 0.2) is 0 Å². The quantitative estimate of drug-likeness (QED) is 0.370. The van der Waals surface area contributed by atoms with Crippen LogP contribution in [0.4, 0.5) is 0 Å². The van der Waals surface area contributed by atoms with E-state index < -0.39 is 39.7 Å². The minimum atomic E-state index is -4.39. The second-order valence-electron chi connectivity index (χ2n) is 4.03. The first kappa shape index (κ1) is 19.0. The van der Waals surface area contributed by atoms with E-state index in [9.17, 15) is 4.57 Å². The summed E-state index contributed by atoms with van der Waals surface area (Å²) >= 11 is 0. The molecule has 0 unspecified atom stereocenters. The number of phosphoric acid groups is 1. The molecule has 0 spiro atoms. The Kier molecular flexibility index (Phi) is 8.59. The van der Waals surface area contributed by atoms with Crippen molar-refractivity contribution in [1.29, 1.82) is 0 Å². The molecule has 0 aromatic heterocycles. The molecule has 0 fully saturated rings. The van der Waals surface area contributed by atoms with Gasteiger partial charge in [-0.1, -0.05) is 18.2 Å². The molecular weight excluding hydrogens is 291 g/mol. The molecule has 0 saturated carbocycles. The molecule has 1 aromatic carbocycles. The highest BCUT2D eigenvalue weighted by Gasteiger charge is 2.26. The lowest BCUT2D eigenvalue weighted by molar-refractivity contribution is -0.0328. The van der Waals surface area contributed by atoms with Gasteiger partial charge in [-0.25, -0.2) is 4.57 Å². The van der Waals surface area contributed by atoms with E-state index >= 15 is 0 Å². The van der Waals surface area contributed by atoms with Crippen LogP contribution in [0.2, 0.25) is 0 Å². The Morgan fingerprint density at radius 1 is 0.900 bits per heavy atom. The summed E-state index contributed by atoms with van der Waals surface area (Å²) in [6, 6.07) is 7.93. The van der Waals surface area contributed by atoms with Crippen LogP contribution in [0.5, 0.6) is 5.75 Å². The fourth-order valence-electron chi connectivity index (χ4n) is 0.919. The molecule has 0 aliphatic rings. The molecule has 0 saturated heterocycles. The molecule has 0 bridgehead atoms. The van der Waals surface area contributed by atoms with Crippen molar-refractivity contribution in [2.24, 2.45) is 5.41 Å². The van der Waals surface area contributed by atoms with Crippen LogP contribution in [0.1, 0.15) is 0 Å². The van der Waals surface area contributed by atoms with Crippen LogP contribution in [0.25, 0.3) is 0 Å². The third-order valence-electron chi connectivity index (χ3n) is 2.31. The van der Waals surface area contributed by atoms with Gasteiger partial charge in [-0.2, -0.15) is 0 Å². The SMILES string of the molecule is O=P(O)(O)Oc1ccccc1.OCC(CO)(CO)CO. The number of aliphatic hydroxyl groups excluding tert-OH is 4. The van der Waals surface area contributed by atoms with Crippen molar-refractivity contribution < 1.29 is 39.3 Å². The van der Waals surface area contributed by atoms with Crippen molar-refractivity contribution in [2.75, 3.05) is 26.4 Å². The standard InChI is InChI=1S/C6H7O4P.C5H12O4/c7-11(8,9)10-6-4-2-1-3-5-6;6-1-5(2-7,3-8)4-9/h1-5H,(H2,7,8,9);6-9H,1-4H2. The maximum absolute atomic E-state index is 10.3. The number of aliphatic hydroxyl groups is 4. The van der Waals surface area contributed by atoms with Crippen LogP contribution in [0.15, 0.2) is 30.3 Å². The molecule has 20 heavy (non-hydrogen) atoms. The van der Waals surface area contributed by atoms with Gasteiger partial charge in [-0.3, -0.25) is 9.79 Å². The van der Waals surface area contributed by atoms with Gasteiger partial charge in [0.1, 0.15) is 5.75 Å². The van der Waals surface area contributed by atoms with Crippen molar-refractivity contribution >= 4 is 7.82 Å². The summed E-state index contributed by atoms with van der Waals surface area (Å²) in [5, 5.41) is 34.0. The molecule has 1 rings (SSSR count). The van der Waals surface area contributed by atoms with E-state index in [4.69, 9.17) is 30.2 Å². The molecule has 8 nitrogen and oxygen atoms in total. The van der Waals surface area contributed by atoms with Crippen molar-refractivity contribution in [3.8, 4) is 5.75 Å². The van der Waals surface area contributed by atoms with E-state index in [1.807, 2.05) is 0 Å². The summed E-state index contributed by atoms with van der Waals surface area (Å²) in [5.41, 5.74) is -1.11. The maximum atomic E-state index is 10.3. The Morgan fingerprint density at radius 2 is 1.30 bits per heavy atom. The predicted molar refractivity (Wildman–Crippen MR) is 69.9 cm³/mol. The van der Waals surface area contributed by atoms with Crippen molar-refractivity contribution in [2.45, 2.75) is 0 Å². The molecule has 0 aliphatic carbocycles. The average Bonchev–Trinajstić information content (AvgIpc) is 2.42. The Hall–Kier alpha value is -0.990. The van der Waals surface area contributed by atoms with Gasteiger partial charge in [0.05, 0.1) is 31.8 Å². The number of hydrogen-bond donors (Lipinski definition) is 6. The highest BCUT2D eigenvalue weighted by molar-refractivity contribution is 7.46. The summed E-state index contributed by atoms with van der Waals surface area (Å²) in [6.07, 6.45) is 0. The third kappa shape index (κ3) is 7.56. The monoisotopic (exact) mass is 310 g/mol. The number of hydrogen-bond acceptors (Lipinski definition) is 6. The molecular formula is C11H19O8P. The van der Waals surface area contributed by atoms with Gasteiger partial charge in [-0.05, 0) is 12.1 Å². The van der Waals surface area contributed by atoms with Gasteiger partial charge in [-0.15, -0.1) is 0 Å². The highest BCUT2D eigenvalue weighted by Crippen LogP contribution is 2.36. The zero-order chi connectivity index (χ0) is 15.6. The first-order valence-electron chi connectivity index (χ1n) is 5.56. The van der Waals surface area contributed by atoms with Gasteiger partial charge in [0.2, 0.25) is 0 Å². The summed E-state index contributed by atoms with van der Waals surface area (Å²) in [7, 11) is -4.39. The van der Waals surface area contributed by atoms with E-state index in [1.165, 1.54) is 12.1 Å². The molecule has 0 heterocycles. The van der Waals surface area contributed by atoms with E-state index in [1.54, 1.807) is 18.2 Å². The third-order valence-corrected chi connectivity index (χ3v) is 2.76. The molecule has 0 atom stereocenters. The largest absolute Gasteiger partial charge is 0.524 e. The van der Waals surface area contributed by atoms with E-state index in [0.717, 1.165) is 0 Å². The van der Waals surface area contributed by atoms with Gasteiger partial charge >= 0.3 is 7.82 Å². The molecule has 116 valence electrons. The summed E-state index contributed by atoms with van der Waals surface area (Å²) in [5.74, 6) is 0.167. The number of benzene rings is 1. The maximum Gasteiger partial charge on any atom is 0.524 e. The van der Waals surface area contributed by atoms with E-state index in [0.29, 0.717) is 0 Å². The fraction of sp³-hybridized carbons (Fsp3) is 0.455. The zero-order valence-electron chi connectivity index (χ0n) is 10.7. The van der Waals surface area contributed by atoms with Crippen molar-refractivity contribution in [3.63, 3.8) is 0 Å². The minimum absolute atomic E-state index is 0.167. The lowest BCUT2D eigenvalue weighted by Gasteiger charge is -2.23. The molecule has 0 radical (unpaired) electrons. The first-order valence-corrected chi connectivity index (χ1v) is 7.09. The smallest absolute Gasteiger partial charge is 0.404 e. The lowest BCUT2D eigenvalue weighted by atomic mass is 9.93. The van der Waals surface area contributed by atoms with Crippen LogP contribution in [-0.2, 0) is 4.57 Å². The molecule has 1 aromatic rings. The first-order chi connectivity index (χ1) is 9.32. The van der Waals surface area contributed by atoms with Gasteiger partial charge in [0, 0.05) is 0 Å². The number of para-hydroxylation sites is 1. The molecule has 0 amide bonds. The van der Waals surface area contributed by atoms with Crippen molar-refractivity contribution in [3.05, 3.63) is 30.3 Å². The van der Waals surface area contributed by atoms with E-state index in [-0.39, 0.29) is 5.75 Å². The average molecular weight is 310 g/mol. The van der Waals surface area contributed by atoms with Crippen molar-refractivity contribution in [1.82, 2.24) is 0 Å². The second-order valence-corrected chi connectivity index (χ2v) is 5.19. The van der Waals surface area contributed by atoms with Gasteiger partial charge in [0.25, 0.3) is 0 Å². The normalized spacial score (nSPS) is 11.5. The van der Waals surface area contributed by atoms with Crippen LogP contribution in [0.3, 0.4) is 0 Å². The second kappa shape index (κ2) is 9.04. The molecule has 0 aliphatic heterocycles. The van der Waals surface area contributed by atoms with E-state index in [2.05, 4.69) is 4.52 Å². The fourth-order valence-corrected chi connectivity index (χ4v) is 1.32. The van der Waals surface area contributed by atoms with Gasteiger partial charge < -0.3 is 24.9 Å². The topological polar surface area (TPSA) is 148 Å². The van der Waals surface area contributed by atoms with Crippen LogP contribution >= 0.6 is 7.82 Å². The highest BCUT2D eigenvalue weighted by atomic mass is 31.2. The summed E-state index contributed by atoms with van der Waals surface area (Å²) < 4.78 is 14.5. The Bertz CT molecular complexity index is 383. The van der Waals surface area contributed by atoms with Crippen LogP contribution < -0.4 is 4.52 Å². The molecule has 6 N–H and O–H groups in total. The summed E-state index contributed by atoms with van der Waals surface area (Å²) in [4.78, 5) is 16.7. The van der Waals surface area contributed by atoms with Crippen LogP contribution in [0, 0.1) is 5.41 Å². The van der Waals surface area contributed by atoms with Crippen LogP contribution in [-0.4, -0.2) is 56.6 Å². The lowest BCUT2D eigenvalue weighted by Crippen LogP contribution is -2.37. The zero-order valence-corrected chi connectivity index (χ0v) is 11.6. The Morgan fingerprint density at radius 3 is 1.55 bits per heavy atom. The Labute approximate surface area is 116 Å². The predicted octanol–water partition coefficient (Wildman–Crippen LogP) is -0.900. The molecule has 9 heteroatoms. The number of phosphoric ester groups is 1. The Balaban J connectivity index is 0.000000370.